The molecule has 0 aliphatic heterocycles. The minimum Gasteiger partial charge on any atom is -0.478 e. The van der Waals surface area contributed by atoms with Crippen LogP contribution in [0.1, 0.15) is 0 Å². The lowest BCUT2D eigenvalue weighted by atomic mass is 10.1. The number of methoxy groups -OCH3 is 1. The largest absolute Gasteiger partial charge is 0.478 e. The highest BCUT2D eigenvalue weighted by Crippen LogP contribution is 2.31. The first-order chi connectivity index (χ1) is 7.72. The number of hydrogen-bond acceptors (Lipinski definition) is 4. The molecule has 1 heterocycles. The van der Waals surface area contributed by atoms with Crippen molar-refractivity contribution in [2.24, 2.45) is 0 Å². The van der Waals surface area contributed by atoms with Gasteiger partial charge in [0.25, 0.3) is 5.88 Å². The summed E-state index contributed by atoms with van der Waals surface area (Å²) in [4.78, 5) is 0. The molecule has 0 atom stereocenters. The molecular formula is C11H10ClN3O. The summed E-state index contributed by atoms with van der Waals surface area (Å²) in [6, 6.07) is 7.37. The maximum Gasteiger partial charge on any atom is 0.257 e. The molecular weight excluding hydrogens is 226 g/mol. The van der Waals surface area contributed by atoms with Crippen molar-refractivity contribution in [2.45, 2.75) is 0 Å². The number of nitrogen functional groups attached to an aromatic ring is 1. The maximum absolute atomic E-state index is 5.91. The van der Waals surface area contributed by atoms with Gasteiger partial charge < -0.3 is 10.5 Å². The molecule has 4 nitrogen and oxygen atoms in total. The van der Waals surface area contributed by atoms with Crippen molar-refractivity contribution in [3.63, 3.8) is 0 Å². The fourth-order valence-corrected chi connectivity index (χ4v) is 1.60. The summed E-state index contributed by atoms with van der Waals surface area (Å²) in [5.74, 6) is 0.317. The standard InChI is InChI=1S/C11H10ClN3O/c1-16-11-10(13)9(6-14-15-11)7-3-2-4-8(12)5-7/h2-6H,1H3,(H2,13,14). The lowest BCUT2D eigenvalue weighted by molar-refractivity contribution is 0.394. The number of halogens is 1. The Morgan fingerprint density at radius 3 is 2.88 bits per heavy atom. The molecule has 0 radical (unpaired) electrons. The van der Waals surface area contributed by atoms with Crippen molar-refractivity contribution in [2.75, 3.05) is 12.8 Å². The minimum absolute atomic E-state index is 0.317. The summed E-state index contributed by atoms with van der Waals surface area (Å²) in [5.41, 5.74) is 8.01. The quantitative estimate of drug-likeness (QED) is 0.868. The Morgan fingerprint density at radius 2 is 2.19 bits per heavy atom. The van der Waals surface area contributed by atoms with Crippen molar-refractivity contribution in [3.05, 3.63) is 35.5 Å². The number of nitrogens with zero attached hydrogens (tertiary/aromatic N) is 2. The molecule has 16 heavy (non-hydrogen) atoms. The van der Waals surface area contributed by atoms with Crippen LogP contribution in [-0.2, 0) is 0 Å². The second kappa shape index (κ2) is 4.37. The molecule has 0 unspecified atom stereocenters. The highest BCUT2D eigenvalue weighted by Gasteiger charge is 2.09. The van der Waals surface area contributed by atoms with Crippen molar-refractivity contribution in [1.82, 2.24) is 10.2 Å². The van der Waals surface area contributed by atoms with Gasteiger partial charge in [-0.25, -0.2) is 0 Å². The Bertz CT molecular complexity index is 516. The molecule has 0 bridgehead atoms. The van der Waals surface area contributed by atoms with Crippen molar-refractivity contribution < 1.29 is 4.74 Å². The molecule has 1 aromatic heterocycles. The maximum atomic E-state index is 5.91. The van der Waals surface area contributed by atoms with E-state index in [-0.39, 0.29) is 0 Å². The normalized spacial score (nSPS) is 10.1. The summed E-state index contributed by atoms with van der Waals surface area (Å²) < 4.78 is 5.01. The Balaban J connectivity index is 2.56. The number of anilines is 1. The molecule has 0 spiro atoms. The summed E-state index contributed by atoms with van der Waals surface area (Å²) in [6.07, 6.45) is 1.59. The topological polar surface area (TPSA) is 61.0 Å². The molecule has 2 rings (SSSR count). The lowest BCUT2D eigenvalue weighted by Crippen LogP contribution is -1.99. The molecule has 0 amide bonds. The first kappa shape index (κ1) is 10.7. The van der Waals surface area contributed by atoms with E-state index in [1.165, 1.54) is 7.11 Å². The molecule has 5 heteroatoms. The average Bonchev–Trinajstić information content (AvgIpc) is 2.29. The van der Waals surface area contributed by atoms with E-state index in [9.17, 15) is 0 Å². The van der Waals surface area contributed by atoms with Crippen LogP contribution in [0, 0.1) is 0 Å². The Labute approximate surface area is 98.0 Å². The zero-order valence-electron chi connectivity index (χ0n) is 8.64. The van der Waals surface area contributed by atoms with Crippen LogP contribution in [0.2, 0.25) is 5.02 Å². The predicted octanol–water partition coefficient (Wildman–Crippen LogP) is 2.39. The monoisotopic (exact) mass is 235 g/mol. The fraction of sp³-hybridized carbons (Fsp3) is 0.0909. The van der Waals surface area contributed by atoms with Gasteiger partial charge in [-0.05, 0) is 17.7 Å². The predicted molar refractivity (Wildman–Crippen MR) is 63.4 cm³/mol. The number of aromatic nitrogens is 2. The van der Waals surface area contributed by atoms with Gasteiger partial charge in [-0.1, -0.05) is 23.7 Å². The van der Waals surface area contributed by atoms with E-state index in [4.69, 9.17) is 22.1 Å². The van der Waals surface area contributed by atoms with Gasteiger partial charge in [0.05, 0.1) is 13.3 Å². The van der Waals surface area contributed by atoms with Crippen LogP contribution >= 0.6 is 11.6 Å². The highest BCUT2D eigenvalue weighted by molar-refractivity contribution is 6.30. The van der Waals surface area contributed by atoms with E-state index in [1.54, 1.807) is 12.3 Å². The fourth-order valence-electron chi connectivity index (χ4n) is 1.41. The van der Waals surface area contributed by atoms with Crippen LogP contribution in [0.4, 0.5) is 5.69 Å². The Hall–Kier alpha value is -1.81. The van der Waals surface area contributed by atoms with E-state index >= 15 is 0 Å². The summed E-state index contributed by atoms with van der Waals surface area (Å²) in [7, 11) is 1.50. The summed E-state index contributed by atoms with van der Waals surface area (Å²) in [6.45, 7) is 0. The van der Waals surface area contributed by atoms with Gasteiger partial charge in [0.15, 0.2) is 0 Å². The van der Waals surface area contributed by atoms with Crippen LogP contribution in [-0.4, -0.2) is 17.3 Å². The summed E-state index contributed by atoms with van der Waals surface area (Å²) in [5, 5.41) is 8.25. The Morgan fingerprint density at radius 1 is 1.38 bits per heavy atom. The third-order valence-electron chi connectivity index (χ3n) is 2.18. The lowest BCUT2D eigenvalue weighted by Gasteiger charge is -2.07. The second-order valence-electron chi connectivity index (χ2n) is 3.19. The van der Waals surface area contributed by atoms with E-state index < -0.39 is 0 Å². The number of hydrogen-bond donors (Lipinski definition) is 1. The summed E-state index contributed by atoms with van der Waals surface area (Å²) >= 11 is 5.91. The van der Waals surface area contributed by atoms with E-state index in [2.05, 4.69) is 10.2 Å². The van der Waals surface area contributed by atoms with Gasteiger partial charge in [-0.15, -0.1) is 5.10 Å². The number of benzene rings is 1. The van der Waals surface area contributed by atoms with Crippen LogP contribution in [0.3, 0.4) is 0 Å². The SMILES string of the molecule is COc1nncc(-c2cccc(Cl)c2)c1N. The third-order valence-corrected chi connectivity index (χ3v) is 2.42. The molecule has 0 saturated heterocycles. The van der Waals surface area contributed by atoms with E-state index in [1.807, 2.05) is 18.2 Å². The molecule has 2 aromatic rings. The number of rotatable bonds is 2. The van der Waals surface area contributed by atoms with Crippen LogP contribution in [0.25, 0.3) is 11.1 Å². The first-order valence-electron chi connectivity index (χ1n) is 4.63. The van der Waals surface area contributed by atoms with Crippen LogP contribution in [0.5, 0.6) is 5.88 Å². The van der Waals surface area contributed by atoms with Gasteiger partial charge in [-0.2, -0.15) is 5.10 Å². The number of nitrogens with two attached hydrogens (primary N) is 1. The highest BCUT2D eigenvalue weighted by atomic mass is 35.5. The van der Waals surface area contributed by atoms with Crippen LogP contribution in [0.15, 0.2) is 30.5 Å². The van der Waals surface area contributed by atoms with Crippen molar-refractivity contribution >= 4 is 17.3 Å². The Kier molecular flexibility index (Phi) is 2.92. The molecule has 0 aliphatic carbocycles. The van der Waals surface area contributed by atoms with Gasteiger partial charge >= 0.3 is 0 Å². The minimum atomic E-state index is 0.317. The molecule has 0 aliphatic rings. The van der Waals surface area contributed by atoms with Crippen LogP contribution < -0.4 is 10.5 Å². The third kappa shape index (κ3) is 1.92. The van der Waals surface area contributed by atoms with Gasteiger partial charge in [0.1, 0.15) is 5.69 Å². The van der Waals surface area contributed by atoms with Gasteiger partial charge in [0, 0.05) is 10.6 Å². The first-order valence-corrected chi connectivity index (χ1v) is 5.01. The smallest absolute Gasteiger partial charge is 0.257 e. The van der Waals surface area contributed by atoms with E-state index in [0.29, 0.717) is 16.6 Å². The molecule has 0 fully saturated rings. The second-order valence-corrected chi connectivity index (χ2v) is 3.63. The average molecular weight is 236 g/mol. The van der Waals surface area contributed by atoms with Crippen molar-refractivity contribution in [1.29, 1.82) is 0 Å². The van der Waals surface area contributed by atoms with Gasteiger partial charge in [0.2, 0.25) is 0 Å². The number of ether oxygens (including phenoxy) is 1. The molecule has 82 valence electrons. The molecule has 0 saturated carbocycles. The van der Waals surface area contributed by atoms with Crippen molar-refractivity contribution in [3.8, 4) is 17.0 Å². The molecule has 2 N–H and O–H groups in total. The zero-order chi connectivity index (χ0) is 11.5. The molecule has 1 aromatic carbocycles. The zero-order valence-corrected chi connectivity index (χ0v) is 9.40. The van der Waals surface area contributed by atoms with E-state index in [0.717, 1.165) is 11.1 Å². The van der Waals surface area contributed by atoms with Gasteiger partial charge in [-0.3, -0.25) is 0 Å².